The van der Waals surface area contributed by atoms with E-state index in [1.54, 1.807) is 0 Å². The van der Waals surface area contributed by atoms with Gasteiger partial charge in [0, 0.05) is 14.9 Å². The highest BCUT2D eigenvalue weighted by molar-refractivity contribution is 9.10. The Hall–Kier alpha value is -1.33. The Bertz CT molecular complexity index is 739. The summed E-state index contributed by atoms with van der Waals surface area (Å²) in [4.78, 5) is 0. The number of hydrazine groups is 1. The lowest BCUT2D eigenvalue weighted by atomic mass is 10.1. The molecular formula is C15H12BrClN2O. The van der Waals surface area contributed by atoms with E-state index in [9.17, 15) is 0 Å². The van der Waals surface area contributed by atoms with Crippen LogP contribution < -0.4 is 11.3 Å². The Morgan fingerprint density at radius 2 is 1.85 bits per heavy atom. The monoisotopic (exact) mass is 350 g/mol. The molecule has 102 valence electrons. The second-order valence-electron chi connectivity index (χ2n) is 4.48. The molecule has 3 nitrogen and oxygen atoms in total. The zero-order chi connectivity index (χ0) is 14.1. The van der Waals surface area contributed by atoms with Crippen LogP contribution in [-0.4, -0.2) is 0 Å². The predicted octanol–water partition coefficient (Wildman–Crippen LogP) is 4.40. The smallest absolute Gasteiger partial charge is 0.134 e. The van der Waals surface area contributed by atoms with Crippen molar-refractivity contribution in [1.82, 2.24) is 5.43 Å². The zero-order valence-electron chi connectivity index (χ0n) is 10.4. The second kappa shape index (κ2) is 5.58. The summed E-state index contributed by atoms with van der Waals surface area (Å²) >= 11 is 9.41. The van der Waals surface area contributed by atoms with Crippen LogP contribution in [0.3, 0.4) is 0 Å². The van der Waals surface area contributed by atoms with Crippen molar-refractivity contribution in [2.45, 2.75) is 6.04 Å². The van der Waals surface area contributed by atoms with Crippen LogP contribution in [0.1, 0.15) is 17.4 Å². The van der Waals surface area contributed by atoms with Crippen molar-refractivity contribution in [2.24, 2.45) is 5.84 Å². The number of rotatable bonds is 3. The number of hydrogen-bond acceptors (Lipinski definition) is 3. The first kappa shape index (κ1) is 13.6. The number of halogens is 2. The van der Waals surface area contributed by atoms with Crippen LogP contribution in [0, 0.1) is 0 Å². The van der Waals surface area contributed by atoms with E-state index in [2.05, 4.69) is 21.4 Å². The molecular weight excluding hydrogens is 340 g/mol. The summed E-state index contributed by atoms with van der Waals surface area (Å²) in [6, 6.07) is 15.2. The van der Waals surface area contributed by atoms with Crippen molar-refractivity contribution in [2.75, 3.05) is 0 Å². The van der Waals surface area contributed by atoms with Crippen LogP contribution in [-0.2, 0) is 0 Å². The van der Waals surface area contributed by atoms with Gasteiger partial charge in [-0.25, -0.2) is 5.43 Å². The normalized spacial score (nSPS) is 12.8. The van der Waals surface area contributed by atoms with Gasteiger partial charge in [0.05, 0.1) is 0 Å². The quantitative estimate of drug-likeness (QED) is 0.543. The minimum atomic E-state index is -0.200. The van der Waals surface area contributed by atoms with Crippen molar-refractivity contribution >= 4 is 38.5 Å². The molecule has 0 aliphatic carbocycles. The third-order valence-electron chi connectivity index (χ3n) is 3.15. The Labute approximate surface area is 129 Å². The van der Waals surface area contributed by atoms with Crippen LogP contribution in [0.4, 0.5) is 0 Å². The van der Waals surface area contributed by atoms with Crippen molar-refractivity contribution < 1.29 is 4.42 Å². The Morgan fingerprint density at radius 3 is 2.55 bits per heavy atom. The lowest BCUT2D eigenvalue weighted by molar-refractivity contribution is 0.477. The Balaban J connectivity index is 2.04. The largest absolute Gasteiger partial charge is 0.459 e. The molecule has 0 amide bonds. The van der Waals surface area contributed by atoms with Gasteiger partial charge in [0.2, 0.25) is 0 Å². The van der Waals surface area contributed by atoms with Gasteiger partial charge in [-0.15, -0.1) is 0 Å². The van der Waals surface area contributed by atoms with Crippen molar-refractivity contribution in [1.29, 1.82) is 0 Å². The average molecular weight is 352 g/mol. The number of fused-ring (bicyclic) bond motifs is 1. The maximum absolute atomic E-state index is 5.99. The summed E-state index contributed by atoms with van der Waals surface area (Å²) in [6.45, 7) is 0. The number of nitrogens with one attached hydrogen (secondary N) is 1. The highest BCUT2D eigenvalue weighted by Gasteiger charge is 2.17. The molecule has 0 fully saturated rings. The molecule has 0 bridgehead atoms. The molecule has 2 aromatic carbocycles. The summed E-state index contributed by atoms with van der Waals surface area (Å²) in [6.07, 6.45) is 0. The average Bonchev–Trinajstić information content (AvgIpc) is 2.84. The van der Waals surface area contributed by atoms with E-state index in [0.717, 1.165) is 26.8 Å². The SMILES string of the molecule is NNC(c1ccc(Br)cc1)c1cc2cc(Cl)ccc2o1. The molecule has 1 heterocycles. The first-order chi connectivity index (χ1) is 9.67. The second-order valence-corrected chi connectivity index (χ2v) is 5.83. The first-order valence-electron chi connectivity index (χ1n) is 6.08. The topological polar surface area (TPSA) is 51.2 Å². The highest BCUT2D eigenvalue weighted by Crippen LogP contribution is 2.29. The van der Waals surface area contributed by atoms with Gasteiger partial charge in [0.1, 0.15) is 17.4 Å². The lowest BCUT2D eigenvalue weighted by Crippen LogP contribution is -2.28. The molecule has 1 atom stereocenters. The molecule has 1 unspecified atom stereocenters. The maximum Gasteiger partial charge on any atom is 0.134 e. The summed E-state index contributed by atoms with van der Waals surface area (Å²) in [5.74, 6) is 6.44. The van der Waals surface area contributed by atoms with Crippen molar-refractivity contribution in [3.8, 4) is 0 Å². The van der Waals surface area contributed by atoms with Crippen LogP contribution >= 0.6 is 27.5 Å². The molecule has 0 radical (unpaired) electrons. The number of nitrogens with two attached hydrogens (primary N) is 1. The van der Waals surface area contributed by atoms with Gasteiger partial charge in [-0.3, -0.25) is 5.84 Å². The number of benzene rings is 2. The fourth-order valence-corrected chi connectivity index (χ4v) is 2.62. The standard InChI is InChI=1S/C15H12BrClN2O/c16-11-3-1-9(2-4-11)15(19-18)14-8-10-7-12(17)5-6-13(10)20-14/h1-8,15,19H,18H2. The molecule has 0 saturated carbocycles. The van der Waals surface area contributed by atoms with E-state index in [0.29, 0.717) is 5.02 Å². The summed E-state index contributed by atoms with van der Waals surface area (Å²) in [5.41, 5.74) is 4.61. The molecule has 0 aliphatic rings. The molecule has 20 heavy (non-hydrogen) atoms. The van der Waals surface area contributed by atoms with E-state index in [1.807, 2.05) is 48.5 Å². The van der Waals surface area contributed by atoms with E-state index >= 15 is 0 Å². The molecule has 0 aliphatic heterocycles. The van der Waals surface area contributed by atoms with E-state index < -0.39 is 0 Å². The summed E-state index contributed by atoms with van der Waals surface area (Å²) in [5, 5.41) is 1.65. The van der Waals surface area contributed by atoms with E-state index in [1.165, 1.54) is 0 Å². The Morgan fingerprint density at radius 1 is 1.10 bits per heavy atom. The van der Waals surface area contributed by atoms with Gasteiger partial charge < -0.3 is 4.42 Å². The molecule has 3 N–H and O–H groups in total. The number of furan rings is 1. The maximum atomic E-state index is 5.99. The molecule has 1 aromatic heterocycles. The summed E-state index contributed by atoms with van der Waals surface area (Å²) < 4.78 is 6.87. The minimum Gasteiger partial charge on any atom is -0.459 e. The molecule has 3 rings (SSSR count). The van der Waals surface area contributed by atoms with Crippen LogP contribution in [0.5, 0.6) is 0 Å². The van der Waals surface area contributed by atoms with Crippen LogP contribution in [0.2, 0.25) is 5.02 Å². The zero-order valence-corrected chi connectivity index (χ0v) is 12.8. The van der Waals surface area contributed by atoms with E-state index in [-0.39, 0.29) is 6.04 Å². The van der Waals surface area contributed by atoms with Crippen molar-refractivity contribution in [3.05, 3.63) is 69.3 Å². The van der Waals surface area contributed by atoms with Crippen molar-refractivity contribution in [3.63, 3.8) is 0 Å². The third-order valence-corrected chi connectivity index (χ3v) is 3.92. The minimum absolute atomic E-state index is 0.200. The molecule has 0 spiro atoms. The Kier molecular flexibility index (Phi) is 3.81. The summed E-state index contributed by atoms with van der Waals surface area (Å²) in [7, 11) is 0. The third kappa shape index (κ3) is 2.60. The fourth-order valence-electron chi connectivity index (χ4n) is 2.17. The molecule has 5 heteroatoms. The fraction of sp³-hybridized carbons (Fsp3) is 0.0667. The lowest BCUT2D eigenvalue weighted by Gasteiger charge is -2.13. The first-order valence-corrected chi connectivity index (χ1v) is 7.25. The van der Waals surface area contributed by atoms with Gasteiger partial charge in [0.25, 0.3) is 0 Å². The highest BCUT2D eigenvalue weighted by atomic mass is 79.9. The predicted molar refractivity (Wildman–Crippen MR) is 84.5 cm³/mol. The van der Waals surface area contributed by atoms with Crippen LogP contribution in [0.15, 0.2) is 57.4 Å². The van der Waals surface area contributed by atoms with E-state index in [4.69, 9.17) is 21.9 Å². The molecule has 3 aromatic rings. The van der Waals surface area contributed by atoms with Crippen LogP contribution in [0.25, 0.3) is 11.0 Å². The molecule has 0 saturated heterocycles. The van der Waals surface area contributed by atoms with Gasteiger partial charge >= 0.3 is 0 Å². The van der Waals surface area contributed by atoms with Gasteiger partial charge in [0.15, 0.2) is 0 Å². The van der Waals surface area contributed by atoms with Gasteiger partial charge in [-0.2, -0.15) is 0 Å². The van der Waals surface area contributed by atoms with Gasteiger partial charge in [-0.1, -0.05) is 39.7 Å². The number of hydrogen-bond donors (Lipinski definition) is 2. The van der Waals surface area contributed by atoms with Gasteiger partial charge in [-0.05, 0) is 42.0 Å².